The third-order valence-electron chi connectivity index (χ3n) is 2.64. The van der Waals surface area contributed by atoms with Gasteiger partial charge in [-0.05, 0) is 31.4 Å². The van der Waals surface area contributed by atoms with Gasteiger partial charge in [-0.2, -0.15) is 0 Å². The number of carbonyl (C=O) groups is 2. The largest absolute Gasteiger partial charge is 0.448 e. The van der Waals surface area contributed by atoms with Gasteiger partial charge in [0.1, 0.15) is 4.88 Å². The first-order valence-electron chi connectivity index (χ1n) is 6.11. The molecule has 1 aromatic rings. The molecule has 1 atom stereocenters. The first-order valence-corrected chi connectivity index (χ1v) is 6.93. The number of ether oxygens (including phenoxy) is 1. The van der Waals surface area contributed by atoms with Crippen molar-refractivity contribution >= 4 is 23.2 Å². The summed E-state index contributed by atoms with van der Waals surface area (Å²) in [5, 5.41) is 0. The minimum absolute atomic E-state index is 0.469. The molecule has 1 rings (SSSR count). The molecule has 0 fully saturated rings. The van der Waals surface area contributed by atoms with E-state index in [1.165, 1.54) is 28.7 Å². The fourth-order valence-electron chi connectivity index (χ4n) is 1.58. The zero-order valence-corrected chi connectivity index (χ0v) is 11.8. The fraction of sp³-hybridized carbons (Fsp3) is 0.538. The number of thiophene rings is 1. The number of amides is 1. The zero-order chi connectivity index (χ0) is 13.7. The van der Waals surface area contributed by atoms with Gasteiger partial charge in [-0.1, -0.05) is 20.3 Å². The lowest BCUT2D eigenvalue weighted by atomic mass is 10.1. The van der Waals surface area contributed by atoms with Gasteiger partial charge in [0.25, 0.3) is 5.91 Å². The van der Waals surface area contributed by atoms with E-state index in [-0.39, 0.29) is 0 Å². The van der Waals surface area contributed by atoms with E-state index >= 15 is 0 Å². The summed E-state index contributed by atoms with van der Waals surface area (Å²) in [4.78, 5) is 24.4. The molecule has 0 radical (unpaired) electrons. The number of primary amides is 1. The molecule has 4 nitrogen and oxygen atoms in total. The molecule has 0 aliphatic rings. The summed E-state index contributed by atoms with van der Waals surface area (Å²) in [5.41, 5.74) is 6.24. The van der Waals surface area contributed by atoms with Crippen molar-refractivity contribution < 1.29 is 14.3 Å². The quantitative estimate of drug-likeness (QED) is 0.806. The van der Waals surface area contributed by atoms with Crippen LogP contribution in [0.1, 0.15) is 47.3 Å². The number of nitrogens with two attached hydrogens (primary N) is 1. The van der Waals surface area contributed by atoms with Gasteiger partial charge in [-0.3, -0.25) is 4.79 Å². The number of rotatable bonds is 6. The summed E-state index contributed by atoms with van der Waals surface area (Å²) in [5.74, 6) is -1.10. The average molecular weight is 269 g/mol. The van der Waals surface area contributed by atoms with Crippen molar-refractivity contribution in [3.63, 3.8) is 0 Å². The summed E-state index contributed by atoms with van der Waals surface area (Å²) in [6.45, 7) is 5.64. The van der Waals surface area contributed by atoms with Gasteiger partial charge in [-0.15, -0.1) is 11.3 Å². The maximum Gasteiger partial charge on any atom is 0.349 e. The standard InChI is InChI=1S/C13H19NO3S/c1-4-6-10-9(5-2)7-11(18-10)13(16)17-8(3)12(14)15/h7-8H,4-6H2,1-3H3,(H2,14,15)/t8-/m1/s1. The molecule has 1 amide bonds. The van der Waals surface area contributed by atoms with Crippen molar-refractivity contribution in [1.29, 1.82) is 0 Å². The SMILES string of the molecule is CCCc1sc(C(=O)O[C@H](C)C(N)=O)cc1CC. The van der Waals surface area contributed by atoms with E-state index in [9.17, 15) is 9.59 Å². The normalized spacial score (nSPS) is 12.2. The van der Waals surface area contributed by atoms with E-state index in [0.29, 0.717) is 4.88 Å². The van der Waals surface area contributed by atoms with Crippen LogP contribution in [-0.4, -0.2) is 18.0 Å². The molecule has 0 aromatic carbocycles. The molecule has 1 aromatic heterocycles. The van der Waals surface area contributed by atoms with E-state index in [1.54, 1.807) is 0 Å². The molecule has 0 saturated heterocycles. The minimum Gasteiger partial charge on any atom is -0.448 e. The first kappa shape index (κ1) is 14.7. The van der Waals surface area contributed by atoms with Crippen LogP contribution in [0, 0.1) is 0 Å². The van der Waals surface area contributed by atoms with E-state index in [2.05, 4.69) is 13.8 Å². The first-order chi connectivity index (χ1) is 8.49. The van der Waals surface area contributed by atoms with E-state index < -0.39 is 18.0 Å². The number of hydrogen-bond donors (Lipinski definition) is 1. The predicted octanol–water partition coefficient (Wildman–Crippen LogP) is 2.29. The van der Waals surface area contributed by atoms with Gasteiger partial charge >= 0.3 is 5.97 Å². The molecule has 0 bridgehead atoms. The van der Waals surface area contributed by atoms with Crippen molar-refractivity contribution in [3.05, 3.63) is 21.4 Å². The molecule has 100 valence electrons. The molecule has 0 unspecified atom stereocenters. The molecule has 0 spiro atoms. The van der Waals surface area contributed by atoms with Gasteiger partial charge < -0.3 is 10.5 Å². The van der Waals surface area contributed by atoms with Crippen molar-refractivity contribution in [2.75, 3.05) is 0 Å². The number of hydrogen-bond acceptors (Lipinski definition) is 4. The predicted molar refractivity (Wildman–Crippen MR) is 71.8 cm³/mol. The Morgan fingerprint density at radius 3 is 2.61 bits per heavy atom. The van der Waals surface area contributed by atoms with Crippen LogP contribution in [0.3, 0.4) is 0 Å². The molecule has 1 heterocycles. The highest BCUT2D eigenvalue weighted by Gasteiger charge is 2.19. The Morgan fingerprint density at radius 2 is 2.11 bits per heavy atom. The van der Waals surface area contributed by atoms with Crippen LogP contribution in [-0.2, 0) is 22.4 Å². The van der Waals surface area contributed by atoms with Crippen LogP contribution in [0.2, 0.25) is 0 Å². The lowest BCUT2D eigenvalue weighted by Crippen LogP contribution is -2.30. The van der Waals surface area contributed by atoms with Gasteiger partial charge in [0.2, 0.25) is 0 Å². The van der Waals surface area contributed by atoms with Gasteiger partial charge in [0.15, 0.2) is 6.10 Å². The second-order valence-electron chi connectivity index (χ2n) is 4.11. The zero-order valence-electron chi connectivity index (χ0n) is 11.0. The summed E-state index contributed by atoms with van der Waals surface area (Å²) in [7, 11) is 0. The summed E-state index contributed by atoms with van der Waals surface area (Å²) < 4.78 is 4.99. The van der Waals surface area contributed by atoms with Crippen molar-refractivity contribution in [2.24, 2.45) is 5.73 Å². The van der Waals surface area contributed by atoms with Crippen molar-refractivity contribution in [3.8, 4) is 0 Å². The highest BCUT2D eigenvalue weighted by molar-refractivity contribution is 7.14. The number of aryl methyl sites for hydroxylation is 2. The van der Waals surface area contributed by atoms with E-state index in [1.807, 2.05) is 6.07 Å². The molecular weight excluding hydrogens is 250 g/mol. The molecular formula is C13H19NO3S. The third-order valence-corrected chi connectivity index (χ3v) is 3.86. The highest BCUT2D eigenvalue weighted by Crippen LogP contribution is 2.25. The number of carbonyl (C=O) groups excluding carboxylic acids is 2. The van der Waals surface area contributed by atoms with Crippen LogP contribution >= 0.6 is 11.3 Å². The maximum absolute atomic E-state index is 11.8. The lowest BCUT2D eigenvalue weighted by molar-refractivity contribution is -0.125. The number of esters is 1. The third kappa shape index (κ3) is 3.57. The lowest BCUT2D eigenvalue weighted by Gasteiger charge is -2.07. The van der Waals surface area contributed by atoms with Gasteiger partial charge in [0.05, 0.1) is 0 Å². The molecule has 5 heteroatoms. The average Bonchev–Trinajstić information content (AvgIpc) is 2.72. The van der Waals surface area contributed by atoms with E-state index in [0.717, 1.165) is 19.3 Å². The Labute approximate surface area is 111 Å². The summed E-state index contributed by atoms with van der Waals surface area (Å²) >= 11 is 1.44. The molecule has 18 heavy (non-hydrogen) atoms. The molecule has 0 aliphatic heterocycles. The Balaban J connectivity index is 2.83. The Hall–Kier alpha value is -1.36. The van der Waals surface area contributed by atoms with Crippen LogP contribution in [0.25, 0.3) is 0 Å². The summed E-state index contributed by atoms with van der Waals surface area (Å²) in [6.07, 6.45) is 2.01. The monoisotopic (exact) mass is 269 g/mol. The second kappa shape index (κ2) is 6.54. The van der Waals surface area contributed by atoms with Crippen molar-refractivity contribution in [2.45, 2.75) is 46.1 Å². The van der Waals surface area contributed by atoms with Crippen molar-refractivity contribution in [1.82, 2.24) is 0 Å². The van der Waals surface area contributed by atoms with Gasteiger partial charge in [-0.25, -0.2) is 4.79 Å². The smallest absolute Gasteiger partial charge is 0.349 e. The van der Waals surface area contributed by atoms with Crippen LogP contribution < -0.4 is 5.73 Å². The molecule has 0 aliphatic carbocycles. The molecule has 2 N–H and O–H groups in total. The maximum atomic E-state index is 11.8. The topological polar surface area (TPSA) is 69.4 Å². The van der Waals surface area contributed by atoms with Crippen LogP contribution in [0.15, 0.2) is 6.07 Å². The van der Waals surface area contributed by atoms with Gasteiger partial charge in [0, 0.05) is 4.88 Å². The minimum atomic E-state index is -0.890. The Morgan fingerprint density at radius 1 is 1.44 bits per heavy atom. The summed E-state index contributed by atoms with van der Waals surface area (Å²) in [6, 6.07) is 1.85. The highest BCUT2D eigenvalue weighted by atomic mass is 32.1. The Kier molecular flexibility index (Phi) is 5.34. The second-order valence-corrected chi connectivity index (χ2v) is 5.25. The molecule has 0 saturated carbocycles. The fourth-order valence-corrected chi connectivity index (χ4v) is 2.82. The van der Waals surface area contributed by atoms with E-state index in [4.69, 9.17) is 10.5 Å². The van der Waals surface area contributed by atoms with Crippen LogP contribution in [0.5, 0.6) is 0 Å². The Bertz CT molecular complexity index is 439. The van der Waals surface area contributed by atoms with Crippen LogP contribution in [0.4, 0.5) is 0 Å².